The van der Waals surface area contributed by atoms with Gasteiger partial charge in [-0.25, -0.2) is 0 Å². The average molecular weight is 336 g/mol. The Morgan fingerprint density at radius 2 is 1.95 bits per heavy atom. The zero-order valence-corrected chi connectivity index (χ0v) is 11.2. The zero-order valence-electron chi connectivity index (χ0n) is 9.66. The van der Waals surface area contributed by atoms with Gasteiger partial charge in [-0.2, -0.15) is 18.3 Å². The van der Waals surface area contributed by atoms with Crippen LogP contribution in [0.3, 0.4) is 0 Å². The van der Waals surface area contributed by atoms with Gasteiger partial charge in [-0.1, -0.05) is 0 Å². The SMILES string of the molecule is Cn1nc(-c2cc(C(F)(F)F)cc(Br)c2O)cc1N. The second-order valence-corrected chi connectivity index (χ2v) is 4.78. The molecule has 0 amide bonds. The fraction of sp³-hybridized carbons (Fsp3) is 0.182. The van der Waals surface area contributed by atoms with Gasteiger partial charge < -0.3 is 10.8 Å². The molecule has 2 rings (SSSR count). The molecule has 1 aromatic heterocycles. The first kappa shape index (κ1) is 13.7. The summed E-state index contributed by atoms with van der Waals surface area (Å²) in [6, 6.07) is 3.04. The van der Waals surface area contributed by atoms with Crippen molar-refractivity contribution in [3.8, 4) is 17.0 Å². The van der Waals surface area contributed by atoms with Gasteiger partial charge in [0.1, 0.15) is 11.6 Å². The van der Waals surface area contributed by atoms with Crippen LogP contribution in [0.2, 0.25) is 0 Å². The third-order valence-electron chi connectivity index (χ3n) is 2.58. The highest BCUT2D eigenvalue weighted by Gasteiger charge is 2.32. The smallest absolute Gasteiger partial charge is 0.416 e. The molecule has 0 unspecified atom stereocenters. The molecule has 0 atom stereocenters. The molecule has 8 heteroatoms. The molecule has 0 aliphatic heterocycles. The highest BCUT2D eigenvalue weighted by atomic mass is 79.9. The van der Waals surface area contributed by atoms with Crippen molar-refractivity contribution in [2.24, 2.45) is 7.05 Å². The van der Waals surface area contributed by atoms with Gasteiger partial charge in [-0.3, -0.25) is 4.68 Å². The van der Waals surface area contributed by atoms with E-state index in [-0.39, 0.29) is 27.3 Å². The van der Waals surface area contributed by atoms with E-state index in [0.29, 0.717) is 0 Å². The molecule has 0 fully saturated rings. The summed E-state index contributed by atoms with van der Waals surface area (Å²) in [6.45, 7) is 0. The van der Waals surface area contributed by atoms with Crippen LogP contribution in [0.25, 0.3) is 11.3 Å². The molecule has 3 N–H and O–H groups in total. The number of rotatable bonds is 1. The molecule has 2 aromatic rings. The molecule has 0 bridgehead atoms. The number of aromatic hydroxyl groups is 1. The van der Waals surface area contributed by atoms with Gasteiger partial charge >= 0.3 is 6.18 Å². The highest BCUT2D eigenvalue weighted by Crippen LogP contribution is 2.41. The molecule has 19 heavy (non-hydrogen) atoms. The van der Waals surface area contributed by atoms with Crippen LogP contribution in [0.4, 0.5) is 19.0 Å². The molecular weight excluding hydrogens is 327 g/mol. The summed E-state index contributed by atoms with van der Waals surface area (Å²) >= 11 is 2.90. The molecule has 0 radical (unpaired) electrons. The van der Waals surface area contributed by atoms with Gasteiger partial charge in [0.05, 0.1) is 15.7 Å². The first-order valence-electron chi connectivity index (χ1n) is 5.09. The van der Waals surface area contributed by atoms with E-state index in [1.807, 2.05) is 0 Å². The lowest BCUT2D eigenvalue weighted by atomic mass is 10.1. The zero-order chi connectivity index (χ0) is 14.4. The van der Waals surface area contributed by atoms with E-state index in [9.17, 15) is 18.3 Å². The molecular formula is C11H9BrF3N3O. The van der Waals surface area contributed by atoms with Crippen LogP contribution in [0.15, 0.2) is 22.7 Å². The van der Waals surface area contributed by atoms with Crippen molar-refractivity contribution in [1.29, 1.82) is 0 Å². The van der Waals surface area contributed by atoms with Crippen molar-refractivity contribution in [1.82, 2.24) is 9.78 Å². The van der Waals surface area contributed by atoms with Crippen molar-refractivity contribution >= 4 is 21.7 Å². The van der Waals surface area contributed by atoms with E-state index in [1.165, 1.54) is 10.7 Å². The van der Waals surface area contributed by atoms with Crippen molar-refractivity contribution in [3.63, 3.8) is 0 Å². The Morgan fingerprint density at radius 1 is 1.32 bits per heavy atom. The Morgan fingerprint density at radius 3 is 2.42 bits per heavy atom. The van der Waals surface area contributed by atoms with E-state index in [2.05, 4.69) is 21.0 Å². The Hall–Kier alpha value is -1.70. The van der Waals surface area contributed by atoms with Crippen LogP contribution in [0.5, 0.6) is 5.75 Å². The van der Waals surface area contributed by atoms with Crippen LogP contribution >= 0.6 is 15.9 Å². The highest BCUT2D eigenvalue weighted by molar-refractivity contribution is 9.10. The lowest BCUT2D eigenvalue weighted by Crippen LogP contribution is -2.05. The molecule has 0 aliphatic carbocycles. The van der Waals surface area contributed by atoms with E-state index in [1.54, 1.807) is 7.05 Å². The fourth-order valence-corrected chi connectivity index (χ4v) is 2.03. The Bertz CT molecular complexity index is 617. The number of halogens is 4. The van der Waals surface area contributed by atoms with Gasteiger partial charge in [0.25, 0.3) is 0 Å². The minimum atomic E-state index is -4.51. The van der Waals surface area contributed by atoms with Crippen molar-refractivity contribution in [2.45, 2.75) is 6.18 Å². The molecule has 4 nitrogen and oxygen atoms in total. The maximum atomic E-state index is 12.7. The van der Waals surface area contributed by atoms with Crippen LogP contribution in [-0.2, 0) is 13.2 Å². The largest absolute Gasteiger partial charge is 0.506 e. The molecule has 0 aliphatic rings. The number of anilines is 1. The quantitative estimate of drug-likeness (QED) is 0.841. The number of aromatic nitrogens is 2. The standard InChI is InChI=1S/C11H9BrF3N3O/c1-18-9(16)4-8(17-18)6-2-5(11(13,14)15)3-7(12)10(6)19/h2-4,19H,16H2,1H3. The monoisotopic (exact) mass is 335 g/mol. The predicted octanol–water partition coefficient (Wildman–Crippen LogP) is 3.16. The fourth-order valence-electron chi connectivity index (χ4n) is 1.57. The number of phenols is 1. The number of hydrogen-bond acceptors (Lipinski definition) is 3. The van der Waals surface area contributed by atoms with Crippen molar-refractivity contribution in [3.05, 3.63) is 28.2 Å². The number of aryl methyl sites for hydroxylation is 1. The van der Waals surface area contributed by atoms with E-state index >= 15 is 0 Å². The molecule has 1 heterocycles. The second kappa shape index (κ2) is 4.44. The number of nitrogen functional groups attached to an aromatic ring is 1. The van der Waals surface area contributed by atoms with E-state index in [4.69, 9.17) is 5.73 Å². The van der Waals surface area contributed by atoms with Crippen molar-refractivity contribution in [2.75, 3.05) is 5.73 Å². The Balaban J connectivity index is 2.65. The molecule has 1 aromatic carbocycles. The summed E-state index contributed by atoms with van der Waals surface area (Å²) in [7, 11) is 1.55. The molecule has 102 valence electrons. The summed E-state index contributed by atoms with van der Waals surface area (Å²) in [5.41, 5.74) is 4.83. The number of phenolic OH excluding ortho intramolecular Hbond substituents is 1. The molecule has 0 saturated carbocycles. The predicted molar refractivity (Wildman–Crippen MR) is 67.4 cm³/mol. The van der Waals surface area contributed by atoms with Crippen LogP contribution in [-0.4, -0.2) is 14.9 Å². The van der Waals surface area contributed by atoms with E-state index < -0.39 is 11.7 Å². The summed E-state index contributed by atoms with van der Waals surface area (Å²) in [5.74, 6) is -0.0333. The van der Waals surface area contributed by atoms with Crippen molar-refractivity contribution < 1.29 is 18.3 Å². The maximum absolute atomic E-state index is 12.7. The first-order valence-corrected chi connectivity index (χ1v) is 5.89. The number of hydrogen-bond donors (Lipinski definition) is 2. The summed E-state index contributed by atoms with van der Waals surface area (Å²) in [5, 5.41) is 13.8. The lowest BCUT2D eigenvalue weighted by molar-refractivity contribution is -0.137. The summed E-state index contributed by atoms with van der Waals surface area (Å²) in [6.07, 6.45) is -4.51. The van der Waals surface area contributed by atoms with Crippen LogP contribution in [0, 0.1) is 0 Å². The topological polar surface area (TPSA) is 64.1 Å². The van der Waals surface area contributed by atoms with Crippen LogP contribution in [0.1, 0.15) is 5.56 Å². The summed E-state index contributed by atoms with van der Waals surface area (Å²) in [4.78, 5) is 0. The maximum Gasteiger partial charge on any atom is 0.416 e. The summed E-state index contributed by atoms with van der Waals surface area (Å²) < 4.78 is 39.4. The van der Waals surface area contributed by atoms with Gasteiger partial charge in [-0.15, -0.1) is 0 Å². The first-order chi connectivity index (χ1) is 8.70. The van der Waals surface area contributed by atoms with Crippen LogP contribution < -0.4 is 5.73 Å². The number of nitrogens with zero attached hydrogens (tertiary/aromatic N) is 2. The molecule has 0 spiro atoms. The molecule has 0 saturated heterocycles. The van der Waals surface area contributed by atoms with Gasteiger partial charge in [0, 0.05) is 18.7 Å². The van der Waals surface area contributed by atoms with E-state index in [0.717, 1.165) is 12.1 Å². The Labute approximate surface area is 114 Å². The minimum Gasteiger partial charge on any atom is -0.506 e. The van der Waals surface area contributed by atoms with Gasteiger partial charge in [0.2, 0.25) is 0 Å². The normalized spacial score (nSPS) is 11.8. The Kier molecular flexibility index (Phi) is 3.21. The minimum absolute atomic E-state index is 0.0333. The van der Waals surface area contributed by atoms with Gasteiger partial charge in [-0.05, 0) is 28.1 Å². The average Bonchev–Trinajstić information content (AvgIpc) is 2.61. The second-order valence-electron chi connectivity index (χ2n) is 3.93. The van der Waals surface area contributed by atoms with Gasteiger partial charge in [0.15, 0.2) is 0 Å². The lowest BCUT2D eigenvalue weighted by Gasteiger charge is -2.11. The third kappa shape index (κ3) is 2.53. The third-order valence-corrected chi connectivity index (χ3v) is 3.19. The number of benzene rings is 1. The number of alkyl halides is 3. The number of nitrogens with two attached hydrogens (primary N) is 1.